The maximum atomic E-state index is 14.1. The topological polar surface area (TPSA) is 30.3 Å². The Morgan fingerprint density at radius 2 is 1.74 bits per heavy atom. The van der Waals surface area contributed by atoms with Crippen molar-refractivity contribution in [2.75, 3.05) is 31.1 Å². The zero-order chi connectivity index (χ0) is 16.4. The van der Waals surface area contributed by atoms with E-state index in [2.05, 4.69) is 27.5 Å². The van der Waals surface area contributed by atoms with Crippen LogP contribution < -0.4 is 4.90 Å². The van der Waals surface area contributed by atoms with Crippen molar-refractivity contribution in [2.24, 2.45) is 0 Å². The minimum Gasteiger partial charge on any atom is -0.367 e. The van der Waals surface area contributed by atoms with Gasteiger partial charge in [0.1, 0.15) is 11.7 Å². The zero-order valence-corrected chi connectivity index (χ0v) is 15.3. The number of para-hydroxylation sites is 1. The molecule has 1 heterocycles. The fraction of sp³-hybridized carbons (Fsp3) is 0.235. The van der Waals surface area contributed by atoms with Gasteiger partial charge in [-0.15, -0.1) is 0 Å². The number of anilines is 1. The number of piperazine rings is 1. The summed E-state index contributed by atoms with van der Waals surface area (Å²) in [5.41, 5.74) is 1.40. The van der Waals surface area contributed by atoms with Crippen molar-refractivity contribution in [3.8, 4) is 0 Å². The Morgan fingerprint density at radius 3 is 2.39 bits per heavy atom. The van der Waals surface area contributed by atoms with Crippen LogP contribution in [0.3, 0.4) is 0 Å². The molecule has 2 aromatic rings. The number of halogens is 3. The average Bonchev–Trinajstić information content (AvgIpc) is 2.55. The summed E-state index contributed by atoms with van der Waals surface area (Å²) in [5.74, 6) is -0.0817. The Kier molecular flexibility index (Phi) is 5.06. The second kappa shape index (κ2) is 7.05. The molecule has 2 aromatic carbocycles. The van der Waals surface area contributed by atoms with E-state index in [1.807, 2.05) is 35.2 Å². The van der Waals surface area contributed by atoms with Crippen LogP contribution in [0.5, 0.6) is 0 Å². The van der Waals surface area contributed by atoms with E-state index >= 15 is 0 Å². The van der Waals surface area contributed by atoms with Gasteiger partial charge >= 0.3 is 0 Å². The first-order valence-corrected chi connectivity index (χ1v) is 8.81. The van der Waals surface area contributed by atoms with E-state index in [-0.39, 0.29) is 11.7 Å². The third kappa shape index (κ3) is 3.45. The van der Waals surface area contributed by atoms with Crippen LogP contribution in [0.2, 0.25) is 5.02 Å². The Labute approximate surface area is 153 Å². The first-order chi connectivity index (χ1) is 11.1. The van der Waals surface area contributed by atoms with E-state index in [1.54, 1.807) is 6.07 Å². The molecule has 0 unspecified atom stereocenters. The maximum Gasteiger partial charge on any atom is 0.135 e. The molecule has 0 aromatic heterocycles. The summed E-state index contributed by atoms with van der Waals surface area (Å²) in [6.07, 6.45) is 0. The number of benzene rings is 2. The molecule has 23 heavy (non-hydrogen) atoms. The summed E-state index contributed by atoms with van der Waals surface area (Å²) in [4.78, 5) is 4.13. The van der Waals surface area contributed by atoms with Gasteiger partial charge in [-0.2, -0.15) is 0 Å². The minimum absolute atomic E-state index is 0.256. The summed E-state index contributed by atoms with van der Waals surface area (Å²) in [5, 5.41) is 9.09. The smallest absolute Gasteiger partial charge is 0.135 e. The molecule has 0 bridgehead atoms. The van der Waals surface area contributed by atoms with Crippen LogP contribution in [0.4, 0.5) is 10.1 Å². The van der Waals surface area contributed by atoms with Gasteiger partial charge in [0.2, 0.25) is 0 Å². The van der Waals surface area contributed by atoms with Crippen molar-refractivity contribution in [3.63, 3.8) is 0 Å². The lowest BCUT2D eigenvalue weighted by atomic mass is 10.1. The number of hydrogen-bond donors (Lipinski definition) is 1. The number of hydrogen-bond acceptors (Lipinski definition) is 2. The van der Waals surface area contributed by atoms with Crippen LogP contribution in [0.15, 0.2) is 42.5 Å². The SMILES string of the molecule is N=C(c1c(F)cccc1I)N1CCN(c2ccccc2Cl)CC1. The van der Waals surface area contributed by atoms with E-state index in [0.29, 0.717) is 18.7 Å². The Hall–Kier alpha value is -1.34. The Morgan fingerprint density at radius 1 is 1.04 bits per heavy atom. The Balaban J connectivity index is 1.72. The molecule has 1 fully saturated rings. The van der Waals surface area contributed by atoms with Gasteiger partial charge in [0.05, 0.1) is 16.3 Å². The molecule has 1 saturated heterocycles. The summed E-state index contributed by atoms with van der Waals surface area (Å²) >= 11 is 8.33. The Bertz CT molecular complexity index is 709. The van der Waals surface area contributed by atoms with Crippen LogP contribution in [0.25, 0.3) is 0 Å². The highest BCUT2D eigenvalue weighted by atomic mass is 127. The van der Waals surface area contributed by atoms with E-state index < -0.39 is 0 Å². The monoisotopic (exact) mass is 443 g/mol. The van der Waals surface area contributed by atoms with E-state index in [9.17, 15) is 4.39 Å². The second-order valence-electron chi connectivity index (χ2n) is 5.37. The van der Waals surface area contributed by atoms with Gasteiger partial charge in [-0.25, -0.2) is 4.39 Å². The fourth-order valence-corrected chi connectivity index (χ4v) is 3.74. The van der Waals surface area contributed by atoms with Gasteiger partial charge in [0.15, 0.2) is 0 Å². The summed E-state index contributed by atoms with van der Waals surface area (Å²) in [6.45, 7) is 2.87. The third-order valence-electron chi connectivity index (χ3n) is 3.99. The molecule has 3 nitrogen and oxygen atoms in total. The van der Waals surface area contributed by atoms with Crippen molar-refractivity contribution in [1.29, 1.82) is 5.41 Å². The van der Waals surface area contributed by atoms with Gasteiger partial charge in [-0.3, -0.25) is 5.41 Å². The molecule has 6 heteroatoms. The highest BCUT2D eigenvalue weighted by Crippen LogP contribution is 2.26. The molecule has 0 radical (unpaired) electrons. The van der Waals surface area contributed by atoms with Crippen molar-refractivity contribution < 1.29 is 4.39 Å². The zero-order valence-electron chi connectivity index (χ0n) is 12.4. The predicted molar refractivity (Wildman–Crippen MR) is 101 cm³/mol. The standard InChI is InChI=1S/C17H16ClFIN3/c18-12-4-1-2-7-15(12)22-8-10-23(11-9-22)17(21)16-13(19)5-3-6-14(16)20/h1-7,21H,8-11H2. The van der Waals surface area contributed by atoms with Gasteiger partial charge in [-0.1, -0.05) is 29.8 Å². The highest BCUT2D eigenvalue weighted by molar-refractivity contribution is 14.1. The molecule has 0 spiro atoms. The second-order valence-corrected chi connectivity index (χ2v) is 6.94. The van der Waals surface area contributed by atoms with Crippen molar-refractivity contribution in [2.45, 2.75) is 0 Å². The van der Waals surface area contributed by atoms with Gasteiger partial charge in [0, 0.05) is 29.7 Å². The minimum atomic E-state index is -0.338. The summed E-state index contributed by atoms with van der Waals surface area (Å²) < 4.78 is 14.8. The van der Waals surface area contributed by atoms with Crippen LogP contribution in [0, 0.1) is 14.8 Å². The van der Waals surface area contributed by atoms with Crippen LogP contribution in [0.1, 0.15) is 5.56 Å². The first kappa shape index (κ1) is 16.5. The molecule has 3 rings (SSSR count). The number of amidine groups is 1. The number of nitrogens with zero attached hydrogens (tertiary/aromatic N) is 2. The van der Waals surface area contributed by atoms with Crippen LogP contribution in [-0.2, 0) is 0 Å². The van der Waals surface area contributed by atoms with Gasteiger partial charge in [0.25, 0.3) is 0 Å². The third-order valence-corrected chi connectivity index (χ3v) is 5.21. The first-order valence-electron chi connectivity index (χ1n) is 7.35. The molecule has 1 N–H and O–H groups in total. The van der Waals surface area contributed by atoms with Gasteiger partial charge in [-0.05, 0) is 46.9 Å². The van der Waals surface area contributed by atoms with E-state index in [4.69, 9.17) is 17.0 Å². The molecule has 1 aliphatic rings. The largest absolute Gasteiger partial charge is 0.367 e. The lowest BCUT2D eigenvalue weighted by Gasteiger charge is -2.37. The highest BCUT2D eigenvalue weighted by Gasteiger charge is 2.23. The predicted octanol–water partition coefficient (Wildman–Crippen LogP) is 4.23. The summed E-state index contributed by atoms with van der Waals surface area (Å²) in [7, 11) is 0. The normalized spacial score (nSPS) is 14.9. The van der Waals surface area contributed by atoms with E-state index in [0.717, 1.165) is 27.4 Å². The van der Waals surface area contributed by atoms with Gasteiger partial charge < -0.3 is 9.80 Å². The van der Waals surface area contributed by atoms with Crippen molar-refractivity contribution in [1.82, 2.24) is 4.90 Å². The fourth-order valence-electron chi connectivity index (χ4n) is 2.76. The van der Waals surface area contributed by atoms with Crippen molar-refractivity contribution >= 4 is 45.7 Å². The van der Waals surface area contributed by atoms with Crippen LogP contribution in [-0.4, -0.2) is 36.9 Å². The van der Waals surface area contributed by atoms with E-state index in [1.165, 1.54) is 6.07 Å². The molecule has 120 valence electrons. The average molecular weight is 444 g/mol. The molecule has 1 aliphatic heterocycles. The molecule has 0 aliphatic carbocycles. The van der Waals surface area contributed by atoms with Crippen molar-refractivity contribution in [3.05, 3.63) is 62.4 Å². The number of nitrogens with one attached hydrogen (secondary N) is 1. The number of rotatable bonds is 2. The molecule has 0 atom stereocenters. The quantitative estimate of drug-likeness (QED) is 0.428. The summed E-state index contributed by atoms with van der Waals surface area (Å²) in [6, 6.07) is 12.7. The van der Waals surface area contributed by atoms with Crippen LogP contribution >= 0.6 is 34.2 Å². The lowest BCUT2D eigenvalue weighted by Crippen LogP contribution is -2.49. The molecule has 0 amide bonds. The molecular weight excluding hydrogens is 428 g/mol. The molecular formula is C17H16ClFIN3. The lowest BCUT2D eigenvalue weighted by molar-refractivity contribution is 0.383. The molecule has 0 saturated carbocycles. The maximum absolute atomic E-state index is 14.1.